The van der Waals surface area contributed by atoms with E-state index >= 15 is 0 Å². The third-order valence-corrected chi connectivity index (χ3v) is 5.04. The van der Waals surface area contributed by atoms with Crippen LogP contribution in [0.3, 0.4) is 0 Å². The predicted octanol–water partition coefficient (Wildman–Crippen LogP) is 2.70. The molecule has 0 radical (unpaired) electrons. The Kier molecular flexibility index (Phi) is 3.60. The Morgan fingerprint density at radius 3 is 2.31 bits per heavy atom. The summed E-state index contributed by atoms with van der Waals surface area (Å²) in [6.07, 6.45) is 7.86. The van der Waals surface area contributed by atoms with Crippen LogP contribution in [-0.2, 0) is 0 Å². The molecule has 0 aromatic carbocycles. The second-order valence-corrected chi connectivity index (χ2v) is 6.48. The van der Waals surface area contributed by atoms with E-state index in [4.69, 9.17) is 0 Å². The van der Waals surface area contributed by atoms with Gasteiger partial charge in [0.05, 0.1) is 6.10 Å². The number of aliphatic hydroxyl groups is 1. The Morgan fingerprint density at radius 2 is 1.81 bits per heavy atom. The number of nitrogens with one attached hydrogen (secondary N) is 1. The van der Waals surface area contributed by atoms with Crippen molar-refractivity contribution in [1.29, 1.82) is 0 Å². The van der Waals surface area contributed by atoms with Crippen LogP contribution in [0.4, 0.5) is 0 Å². The van der Waals surface area contributed by atoms with Gasteiger partial charge in [-0.05, 0) is 32.1 Å². The fraction of sp³-hybridized carbons (Fsp3) is 1.00. The van der Waals surface area contributed by atoms with Gasteiger partial charge >= 0.3 is 0 Å². The van der Waals surface area contributed by atoms with E-state index in [-0.39, 0.29) is 11.5 Å². The van der Waals surface area contributed by atoms with E-state index in [2.05, 4.69) is 26.1 Å². The van der Waals surface area contributed by atoms with Crippen LogP contribution in [0, 0.1) is 11.3 Å². The van der Waals surface area contributed by atoms with Crippen molar-refractivity contribution in [2.24, 2.45) is 11.3 Å². The molecule has 3 atom stereocenters. The Bertz CT molecular complexity index is 233. The van der Waals surface area contributed by atoms with Crippen LogP contribution in [0.5, 0.6) is 0 Å². The summed E-state index contributed by atoms with van der Waals surface area (Å²) in [4.78, 5) is 0. The lowest BCUT2D eigenvalue weighted by Crippen LogP contribution is -2.62. The van der Waals surface area contributed by atoms with Crippen molar-refractivity contribution >= 4 is 0 Å². The van der Waals surface area contributed by atoms with Crippen LogP contribution in [0.2, 0.25) is 0 Å². The molecule has 16 heavy (non-hydrogen) atoms. The standard InChI is InChI=1S/C14H27NO/c1-10(11-7-5-4-6-8-11)15-12-9-13(16)14(12,2)3/h10-13,15-16H,4-9H2,1-3H3. The lowest BCUT2D eigenvalue weighted by Gasteiger charge is -2.51. The molecule has 2 nitrogen and oxygen atoms in total. The van der Waals surface area contributed by atoms with E-state index < -0.39 is 0 Å². The van der Waals surface area contributed by atoms with Crippen molar-refractivity contribution in [2.75, 3.05) is 0 Å². The maximum atomic E-state index is 9.73. The van der Waals surface area contributed by atoms with Gasteiger partial charge in [0.15, 0.2) is 0 Å². The van der Waals surface area contributed by atoms with Crippen LogP contribution in [0.15, 0.2) is 0 Å². The quantitative estimate of drug-likeness (QED) is 0.774. The maximum absolute atomic E-state index is 9.73. The van der Waals surface area contributed by atoms with Gasteiger partial charge in [0.25, 0.3) is 0 Å². The maximum Gasteiger partial charge on any atom is 0.0621 e. The summed E-state index contributed by atoms with van der Waals surface area (Å²) < 4.78 is 0. The van der Waals surface area contributed by atoms with Gasteiger partial charge in [0, 0.05) is 17.5 Å². The molecule has 3 unspecified atom stereocenters. The highest BCUT2D eigenvalue weighted by Gasteiger charge is 2.47. The first-order valence-electron chi connectivity index (χ1n) is 6.96. The van der Waals surface area contributed by atoms with Crippen molar-refractivity contribution in [1.82, 2.24) is 5.32 Å². The van der Waals surface area contributed by atoms with Gasteiger partial charge in [-0.25, -0.2) is 0 Å². The van der Waals surface area contributed by atoms with Crippen molar-refractivity contribution in [3.8, 4) is 0 Å². The molecule has 0 saturated heterocycles. The Morgan fingerprint density at radius 1 is 1.19 bits per heavy atom. The highest BCUT2D eigenvalue weighted by atomic mass is 16.3. The number of aliphatic hydroxyl groups excluding tert-OH is 1. The molecule has 2 rings (SSSR count). The second kappa shape index (κ2) is 4.66. The van der Waals surface area contributed by atoms with Gasteiger partial charge in [-0.1, -0.05) is 33.1 Å². The summed E-state index contributed by atoms with van der Waals surface area (Å²) >= 11 is 0. The molecule has 0 heterocycles. The molecule has 0 spiro atoms. The molecule has 94 valence electrons. The molecule has 2 N–H and O–H groups in total. The van der Waals surface area contributed by atoms with Gasteiger partial charge in [-0.15, -0.1) is 0 Å². The van der Waals surface area contributed by atoms with E-state index in [1.165, 1.54) is 32.1 Å². The van der Waals surface area contributed by atoms with Gasteiger partial charge in [-0.3, -0.25) is 0 Å². The highest BCUT2D eigenvalue weighted by Crippen LogP contribution is 2.41. The van der Waals surface area contributed by atoms with Crippen LogP contribution < -0.4 is 5.32 Å². The fourth-order valence-corrected chi connectivity index (χ4v) is 3.27. The number of hydrogen-bond donors (Lipinski definition) is 2. The summed E-state index contributed by atoms with van der Waals surface area (Å²) in [6, 6.07) is 1.14. The second-order valence-electron chi connectivity index (χ2n) is 6.48. The van der Waals surface area contributed by atoms with Gasteiger partial charge in [0.2, 0.25) is 0 Å². The highest BCUT2D eigenvalue weighted by molar-refractivity contribution is 5.02. The molecular formula is C14H27NO. The third-order valence-electron chi connectivity index (χ3n) is 5.04. The molecule has 2 aliphatic carbocycles. The minimum Gasteiger partial charge on any atom is -0.392 e. The van der Waals surface area contributed by atoms with Gasteiger partial charge in [-0.2, -0.15) is 0 Å². The predicted molar refractivity (Wildman–Crippen MR) is 67.4 cm³/mol. The molecule has 2 saturated carbocycles. The number of hydrogen-bond acceptors (Lipinski definition) is 2. The van der Waals surface area contributed by atoms with Crippen molar-refractivity contribution < 1.29 is 5.11 Å². The monoisotopic (exact) mass is 225 g/mol. The van der Waals surface area contributed by atoms with E-state index in [1.54, 1.807) is 0 Å². The zero-order valence-electron chi connectivity index (χ0n) is 11.0. The SMILES string of the molecule is CC(NC1CC(O)C1(C)C)C1CCCCC1. The van der Waals surface area contributed by atoms with Crippen molar-refractivity contribution in [2.45, 2.75) is 77.5 Å². The molecule has 0 aromatic rings. The Labute approximate surface area is 99.8 Å². The lowest BCUT2D eigenvalue weighted by molar-refractivity contribution is -0.0777. The van der Waals surface area contributed by atoms with Crippen molar-refractivity contribution in [3.63, 3.8) is 0 Å². The first-order valence-corrected chi connectivity index (χ1v) is 6.96. The zero-order valence-corrected chi connectivity index (χ0v) is 11.0. The molecule has 2 heteroatoms. The summed E-state index contributed by atoms with van der Waals surface area (Å²) in [5.74, 6) is 0.863. The molecule has 0 aliphatic heterocycles. The van der Waals surface area contributed by atoms with E-state index in [0.29, 0.717) is 12.1 Å². The van der Waals surface area contributed by atoms with Gasteiger partial charge in [0.1, 0.15) is 0 Å². The third kappa shape index (κ3) is 2.28. The van der Waals surface area contributed by atoms with Crippen LogP contribution in [-0.4, -0.2) is 23.3 Å². The minimum atomic E-state index is -0.108. The first kappa shape index (κ1) is 12.4. The van der Waals surface area contributed by atoms with E-state index in [9.17, 15) is 5.11 Å². The van der Waals surface area contributed by atoms with E-state index in [0.717, 1.165) is 12.3 Å². The molecule has 0 amide bonds. The fourth-order valence-electron chi connectivity index (χ4n) is 3.27. The van der Waals surface area contributed by atoms with Gasteiger partial charge < -0.3 is 10.4 Å². The summed E-state index contributed by atoms with van der Waals surface area (Å²) in [5.41, 5.74) is 0.0723. The van der Waals surface area contributed by atoms with Crippen molar-refractivity contribution in [3.05, 3.63) is 0 Å². The molecule has 0 aromatic heterocycles. The average Bonchev–Trinajstić information content (AvgIpc) is 2.29. The smallest absolute Gasteiger partial charge is 0.0621 e. The topological polar surface area (TPSA) is 32.3 Å². The Hall–Kier alpha value is -0.0800. The average molecular weight is 225 g/mol. The zero-order chi connectivity index (χ0) is 11.8. The molecule has 2 fully saturated rings. The Balaban J connectivity index is 1.81. The number of rotatable bonds is 3. The normalized spacial score (nSPS) is 36.8. The van der Waals surface area contributed by atoms with E-state index in [1.807, 2.05) is 0 Å². The van der Waals surface area contributed by atoms with Crippen LogP contribution >= 0.6 is 0 Å². The summed E-state index contributed by atoms with van der Waals surface area (Å²) in [6.45, 7) is 6.68. The largest absolute Gasteiger partial charge is 0.392 e. The molecule has 0 bridgehead atoms. The molecular weight excluding hydrogens is 198 g/mol. The lowest BCUT2D eigenvalue weighted by atomic mass is 9.64. The summed E-state index contributed by atoms with van der Waals surface area (Å²) in [5, 5.41) is 13.5. The molecule has 2 aliphatic rings. The van der Waals surface area contributed by atoms with Crippen LogP contribution in [0.1, 0.15) is 59.3 Å². The van der Waals surface area contributed by atoms with Crippen LogP contribution in [0.25, 0.3) is 0 Å². The first-order chi connectivity index (χ1) is 7.51. The summed E-state index contributed by atoms with van der Waals surface area (Å²) in [7, 11) is 0. The minimum absolute atomic E-state index is 0.0723.